The summed E-state index contributed by atoms with van der Waals surface area (Å²) in [6, 6.07) is 5.11. The summed E-state index contributed by atoms with van der Waals surface area (Å²) in [5.74, 6) is 1.99. The molecule has 1 aliphatic carbocycles. The molecule has 30 heavy (non-hydrogen) atoms. The molecule has 0 spiro atoms. The fourth-order valence-corrected chi connectivity index (χ4v) is 4.00. The number of methoxy groups -OCH3 is 1. The van der Waals surface area contributed by atoms with E-state index in [9.17, 15) is 4.79 Å². The van der Waals surface area contributed by atoms with Gasteiger partial charge in [0.25, 0.3) is 0 Å². The number of oxazole rings is 1. The minimum atomic E-state index is -0.637. The Kier molecular flexibility index (Phi) is 6.54. The molecule has 0 unspecified atom stereocenters. The highest BCUT2D eigenvalue weighted by Gasteiger charge is 2.23. The van der Waals surface area contributed by atoms with E-state index in [2.05, 4.69) is 14.7 Å². The summed E-state index contributed by atoms with van der Waals surface area (Å²) in [5, 5.41) is 4.03. The van der Waals surface area contributed by atoms with E-state index < -0.39 is 5.76 Å². The Morgan fingerprint density at radius 2 is 2.00 bits per heavy atom. The molecule has 1 N–H and O–H groups in total. The predicted molar refractivity (Wildman–Crippen MR) is 110 cm³/mol. The van der Waals surface area contributed by atoms with E-state index in [0.717, 1.165) is 24.4 Å². The van der Waals surface area contributed by atoms with Crippen molar-refractivity contribution >= 4 is 11.6 Å². The number of rotatable bonds is 7. The molecule has 0 atom stereocenters. The first-order valence-electron chi connectivity index (χ1n) is 10.1. The summed E-state index contributed by atoms with van der Waals surface area (Å²) in [5.41, 5.74) is 1.31. The summed E-state index contributed by atoms with van der Waals surface area (Å²) >= 11 is 6.32. The molecule has 0 saturated heterocycles. The quantitative estimate of drug-likeness (QED) is 0.532. The summed E-state index contributed by atoms with van der Waals surface area (Å²) < 4.78 is 21.8. The van der Waals surface area contributed by atoms with Crippen LogP contribution in [0.25, 0.3) is 11.4 Å². The highest BCUT2D eigenvalue weighted by molar-refractivity contribution is 6.33. The average molecular weight is 434 g/mol. The zero-order valence-corrected chi connectivity index (χ0v) is 17.5. The SMILES string of the molecule is COCc1nc(C2CCCCCC2)oc1COc1ccc(-c2noc(=O)[nH]2)c(Cl)c1. The number of nitrogens with one attached hydrogen (secondary N) is 1. The Bertz CT molecular complexity index is 1030. The molecule has 160 valence electrons. The van der Waals surface area contributed by atoms with Crippen molar-refractivity contribution in [3.8, 4) is 17.1 Å². The highest BCUT2D eigenvalue weighted by Crippen LogP contribution is 2.33. The van der Waals surface area contributed by atoms with Crippen molar-refractivity contribution in [3.05, 3.63) is 51.1 Å². The molecule has 0 radical (unpaired) electrons. The Labute approximate surface area is 178 Å². The van der Waals surface area contributed by atoms with Crippen molar-refractivity contribution in [2.24, 2.45) is 0 Å². The van der Waals surface area contributed by atoms with Gasteiger partial charge in [-0.1, -0.05) is 42.4 Å². The number of benzene rings is 1. The minimum Gasteiger partial charge on any atom is -0.486 e. The van der Waals surface area contributed by atoms with Gasteiger partial charge in [0.15, 0.2) is 17.5 Å². The molecule has 8 nitrogen and oxygen atoms in total. The summed E-state index contributed by atoms with van der Waals surface area (Å²) in [7, 11) is 1.64. The second kappa shape index (κ2) is 9.49. The third-order valence-corrected chi connectivity index (χ3v) is 5.60. The van der Waals surface area contributed by atoms with Crippen LogP contribution in [0, 0.1) is 0 Å². The lowest BCUT2D eigenvalue weighted by molar-refractivity contribution is 0.176. The van der Waals surface area contributed by atoms with Crippen LogP contribution in [0.5, 0.6) is 5.75 Å². The molecule has 2 heterocycles. The standard InChI is InChI=1S/C21H24ClN3O5/c1-27-11-17-18(29-20(23-17)13-6-4-2-3-5-7-13)12-28-14-8-9-15(16(22)10-14)19-24-21(26)30-25-19/h8-10,13H,2-7,11-12H2,1H3,(H,24,25,26). The number of halogens is 1. The normalized spacial score (nSPS) is 15.3. The van der Waals surface area contributed by atoms with Crippen molar-refractivity contribution < 1.29 is 18.4 Å². The topological polar surface area (TPSA) is 103 Å². The van der Waals surface area contributed by atoms with Gasteiger partial charge in [0, 0.05) is 18.6 Å². The maximum Gasteiger partial charge on any atom is 0.439 e. The molecule has 1 fully saturated rings. The van der Waals surface area contributed by atoms with Crippen molar-refractivity contribution in [3.63, 3.8) is 0 Å². The summed E-state index contributed by atoms with van der Waals surface area (Å²) in [6.45, 7) is 0.586. The Morgan fingerprint density at radius 3 is 2.67 bits per heavy atom. The fourth-order valence-electron chi connectivity index (χ4n) is 3.74. The maximum absolute atomic E-state index is 11.1. The smallest absolute Gasteiger partial charge is 0.439 e. The first-order valence-corrected chi connectivity index (χ1v) is 10.5. The van der Waals surface area contributed by atoms with Gasteiger partial charge in [-0.2, -0.15) is 0 Å². The zero-order chi connectivity index (χ0) is 20.9. The second-order valence-corrected chi connectivity index (χ2v) is 7.82. The zero-order valence-electron chi connectivity index (χ0n) is 16.8. The number of ether oxygens (including phenoxy) is 2. The van der Waals surface area contributed by atoms with Gasteiger partial charge in [-0.05, 0) is 31.0 Å². The Morgan fingerprint density at radius 1 is 1.20 bits per heavy atom. The van der Waals surface area contributed by atoms with Crippen LogP contribution >= 0.6 is 11.6 Å². The van der Waals surface area contributed by atoms with Gasteiger partial charge in [-0.3, -0.25) is 9.51 Å². The molecular weight excluding hydrogens is 410 g/mol. The molecule has 1 saturated carbocycles. The van der Waals surface area contributed by atoms with Crippen LogP contribution in [0.1, 0.15) is 61.8 Å². The first-order chi connectivity index (χ1) is 14.6. The monoisotopic (exact) mass is 433 g/mol. The predicted octanol–water partition coefficient (Wildman–Crippen LogP) is 4.83. The van der Waals surface area contributed by atoms with E-state index >= 15 is 0 Å². The van der Waals surface area contributed by atoms with E-state index in [1.165, 1.54) is 25.7 Å². The van der Waals surface area contributed by atoms with Crippen molar-refractivity contribution in [2.75, 3.05) is 7.11 Å². The van der Waals surface area contributed by atoms with Crippen LogP contribution < -0.4 is 10.5 Å². The van der Waals surface area contributed by atoms with Gasteiger partial charge in [0.2, 0.25) is 0 Å². The second-order valence-electron chi connectivity index (χ2n) is 7.42. The van der Waals surface area contributed by atoms with E-state index in [4.69, 9.17) is 30.5 Å². The number of nitrogens with zero attached hydrogens (tertiary/aromatic N) is 2. The minimum absolute atomic E-state index is 0.217. The number of aromatic amines is 1. The third-order valence-electron chi connectivity index (χ3n) is 5.29. The lowest BCUT2D eigenvalue weighted by Gasteiger charge is -2.09. The molecule has 1 aliphatic rings. The highest BCUT2D eigenvalue weighted by atomic mass is 35.5. The van der Waals surface area contributed by atoms with Crippen molar-refractivity contribution in [1.29, 1.82) is 0 Å². The van der Waals surface area contributed by atoms with Gasteiger partial charge in [-0.25, -0.2) is 9.78 Å². The van der Waals surface area contributed by atoms with E-state index in [-0.39, 0.29) is 12.4 Å². The van der Waals surface area contributed by atoms with Crippen LogP contribution in [0.4, 0.5) is 0 Å². The number of hydrogen-bond donors (Lipinski definition) is 1. The average Bonchev–Trinajstić information content (AvgIpc) is 3.23. The molecule has 0 bridgehead atoms. The van der Waals surface area contributed by atoms with E-state index in [0.29, 0.717) is 34.6 Å². The fraction of sp³-hybridized carbons (Fsp3) is 0.476. The third kappa shape index (κ3) is 4.76. The van der Waals surface area contributed by atoms with Gasteiger partial charge < -0.3 is 13.9 Å². The summed E-state index contributed by atoms with van der Waals surface area (Å²) in [4.78, 5) is 18.3. The van der Waals surface area contributed by atoms with Crippen LogP contribution in [0.3, 0.4) is 0 Å². The summed E-state index contributed by atoms with van der Waals surface area (Å²) in [6.07, 6.45) is 7.18. The van der Waals surface area contributed by atoms with Gasteiger partial charge in [-0.15, -0.1) is 0 Å². The number of hydrogen-bond acceptors (Lipinski definition) is 7. The molecule has 3 aromatic rings. The van der Waals surface area contributed by atoms with Gasteiger partial charge >= 0.3 is 5.76 Å². The Balaban J connectivity index is 1.48. The molecule has 0 aliphatic heterocycles. The van der Waals surface area contributed by atoms with Crippen LogP contribution in [-0.4, -0.2) is 22.2 Å². The van der Waals surface area contributed by atoms with Gasteiger partial charge in [0.05, 0.1) is 11.6 Å². The first kappa shape index (κ1) is 20.7. The van der Waals surface area contributed by atoms with E-state index in [1.54, 1.807) is 25.3 Å². The molecule has 1 aromatic carbocycles. The maximum atomic E-state index is 11.1. The van der Waals surface area contributed by atoms with Crippen molar-refractivity contribution in [1.82, 2.24) is 15.1 Å². The molecule has 0 amide bonds. The number of H-pyrrole nitrogens is 1. The lowest BCUT2D eigenvalue weighted by atomic mass is 10.0. The van der Waals surface area contributed by atoms with Crippen molar-refractivity contribution in [2.45, 2.75) is 57.7 Å². The van der Waals surface area contributed by atoms with Crippen LogP contribution in [-0.2, 0) is 18.0 Å². The van der Waals surface area contributed by atoms with Crippen LogP contribution in [0.15, 0.2) is 31.9 Å². The molecular formula is C21H24ClN3O5. The number of aromatic nitrogens is 3. The van der Waals surface area contributed by atoms with E-state index in [1.807, 2.05) is 0 Å². The lowest BCUT2D eigenvalue weighted by Crippen LogP contribution is -2.00. The molecule has 4 rings (SSSR count). The van der Waals surface area contributed by atoms with Crippen LogP contribution in [0.2, 0.25) is 5.02 Å². The van der Waals surface area contributed by atoms with Gasteiger partial charge in [0.1, 0.15) is 18.1 Å². The molecule has 2 aromatic heterocycles. The Hall–Kier alpha value is -2.58. The largest absolute Gasteiger partial charge is 0.486 e. The molecule has 9 heteroatoms.